The van der Waals surface area contributed by atoms with Crippen LogP contribution >= 0.6 is 0 Å². The number of aliphatic hydroxyl groups is 1. The largest absolute Gasteiger partial charge is 0.386 e. The van der Waals surface area contributed by atoms with Crippen LogP contribution in [0.5, 0.6) is 0 Å². The maximum absolute atomic E-state index is 13.0. The number of aromatic nitrogens is 3. The molecule has 1 aliphatic heterocycles. The summed E-state index contributed by atoms with van der Waals surface area (Å²) in [6.45, 7) is 1.40. The molecule has 126 valence electrons. The van der Waals surface area contributed by atoms with Crippen LogP contribution < -0.4 is 0 Å². The number of fused-ring (bicyclic) bond motifs is 1. The van der Waals surface area contributed by atoms with Crippen LogP contribution in [0.1, 0.15) is 40.7 Å². The van der Waals surface area contributed by atoms with E-state index in [4.69, 9.17) is 0 Å². The molecule has 1 fully saturated rings. The minimum absolute atomic E-state index is 0.0467. The van der Waals surface area contributed by atoms with Crippen molar-refractivity contribution >= 4 is 5.91 Å². The van der Waals surface area contributed by atoms with Crippen LogP contribution in [0.4, 0.5) is 0 Å². The Kier molecular flexibility index (Phi) is 3.84. The third-order valence-corrected chi connectivity index (χ3v) is 5.15. The molecule has 1 atom stereocenters. The van der Waals surface area contributed by atoms with Gasteiger partial charge in [-0.15, -0.1) is 5.10 Å². The van der Waals surface area contributed by atoms with Gasteiger partial charge in [0.1, 0.15) is 5.60 Å². The van der Waals surface area contributed by atoms with E-state index in [1.165, 1.54) is 11.1 Å². The van der Waals surface area contributed by atoms with E-state index in [1.807, 2.05) is 12.1 Å². The number of carbonyl (C=O) groups excluding carboxylic acids is 1. The first-order chi connectivity index (χ1) is 11.6. The summed E-state index contributed by atoms with van der Waals surface area (Å²) in [5, 5.41) is 18.6. The zero-order valence-electron chi connectivity index (χ0n) is 13.7. The topological polar surface area (TPSA) is 71.2 Å². The SMILES string of the molecule is O=C(c1cccc2c1CCC2)N1CCCC(O)(Cn2ccnn2)C1. The Morgan fingerprint density at radius 3 is 3.04 bits per heavy atom. The summed E-state index contributed by atoms with van der Waals surface area (Å²) < 4.78 is 1.63. The molecule has 1 aliphatic carbocycles. The molecule has 24 heavy (non-hydrogen) atoms. The molecular formula is C18H22N4O2. The number of rotatable bonds is 3. The molecule has 6 nitrogen and oxygen atoms in total. The molecule has 0 bridgehead atoms. The van der Waals surface area contributed by atoms with Crippen molar-refractivity contribution in [1.29, 1.82) is 0 Å². The van der Waals surface area contributed by atoms with Crippen LogP contribution in [0.2, 0.25) is 0 Å². The van der Waals surface area contributed by atoms with E-state index in [0.29, 0.717) is 26.1 Å². The third kappa shape index (κ3) is 2.82. The van der Waals surface area contributed by atoms with Crippen LogP contribution in [-0.4, -0.2) is 49.6 Å². The van der Waals surface area contributed by atoms with Crippen molar-refractivity contribution in [1.82, 2.24) is 19.9 Å². The van der Waals surface area contributed by atoms with E-state index in [-0.39, 0.29) is 5.91 Å². The van der Waals surface area contributed by atoms with Gasteiger partial charge in [-0.1, -0.05) is 17.3 Å². The average molecular weight is 326 g/mol. The number of carbonyl (C=O) groups is 1. The molecule has 0 spiro atoms. The average Bonchev–Trinajstić information content (AvgIpc) is 3.24. The summed E-state index contributed by atoms with van der Waals surface area (Å²) in [6, 6.07) is 6.02. The quantitative estimate of drug-likeness (QED) is 0.926. The van der Waals surface area contributed by atoms with Crippen molar-refractivity contribution in [2.24, 2.45) is 0 Å². The molecule has 1 aromatic heterocycles. The van der Waals surface area contributed by atoms with Gasteiger partial charge in [0.05, 0.1) is 19.3 Å². The molecule has 0 saturated carbocycles. The maximum Gasteiger partial charge on any atom is 0.254 e. The number of hydrogen-bond acceptors (Lipinski definition) is 4. The predicted molar refractivity (Wildman–Crippen MR) is 88.6 cm³/mol. The van der Waals surface area contributed by atoms with Crippen molar-refractivity contribution in [2.45, 2.75) is 44.2 Å². The summed E-state index contributed by atoms with van der Waals surface area (Å²) in [5.74, 6) is 0.0467. The van der Waals surface area contributed by atoms with Gasteiger partial charge in [-0.05, 0) is 49.3 Å². The van der Waals surface area contributed by atoms with Gasteiger partial charge in [0.15, 0.2) is 0 Å². The summed E-state index contributed by atoms with van der Waals surface area (Å²) >= 11 is 0. The monoisotopic (exact) mass is 326 g/mol. The number of benzene rings is 1. The molecule has 2 aromatic rings. The van der Waals surface area contributed by atoms with Crippen molar-refractivity contribution in [3.63, 3.8) is 0 Å². The molecule has 2 aliphatic rings. The summed E-state index contributed by atoms with van der Waals surface area (Å²) in [7, 11) is 0. The van der Waals surface area contributed by atoms with Gasteiger partial charge in [-0.2, -0.15) is 0 Å². The van der Waals surface area contributed by atoms with Crippen molar-refractivity contribution in [3.05, 3.63) is 47.3 Å². The Hall–Kier alpha value is -2.21. The van der Waals surface area contributed by atoms with E-state index >= 15 is 0 Å². The van der Waals surface area contributed by atoms with Crippen LogP contribution in [0, 0.1) is 0 Å². The van der Waals surface area contributed by atoms with Gasteiger partial charge in [0.25, 0.3) is 5.91 Å². The second-order valence-corrected chi connectivity index (χ2v) is 6.95. The Morgan fingerprint density at radius 1 is 1.29 bits per heavy atom. The molecule has 1 saturated heterocycles. The standard InChI is InChI=1S/C18H22N4O2/c23-17(16-7-2-5-14-4-1-6-15(14)16)21-10-3-8-18(24,12-21)13-22-11-9-19-20-22/h2,5,7,9,11,24H,1,3-4,6,8,10,12-13H2. The molecule has 2 heterocycles. The van der Waals surface area contributed by atoms with Gasteiger partial charge in [-0.25, -0.2) is 4.68 Å². The van der Waals surface area contributed by atoms with Crippen molar-refractivity contribution in [3.8, 4) is 0 Å². The van der Waals surface area contributed by atoms with E-state index in [2.05, 4.69) is 16.4 Å². The number of aryl methyl sites for hydroxylation is 1. The van der Waals surface area contributed by atoms with Gasteiger partial charge in [0, 0.05) is 18.3 Å². The Bertz CT molecular complexity index is 743. The van der Waals surface area contributed by atoms with E-state index in [9.17, 15) is 9.90 Å². The highest BCUT2D eigenvalue weighted by Crippen LogP contribution is 2.29. The lowest BCUT2D eigenvalue weighted by Gasteiger charge is -2.39. The number of likely N-dealkylation sites (tertiary alicyclic amines) is 1. The minimum atomic E-state index is -0.945. The number of piperidine rings is 1. The normalized spacial score (nSPS) is 23.3. The number of β-amino-alcohol motifs (C(OH)–C–C–N with tert-alkyl or cyclic N) is 1. The smallest absolute Gasteiger partial charge is 0.254 e. The fraction of sp³-hybridized carbons (Fsp3) is 0.500. The minimum Gasteiger partial charge on any atom is -0.386 e. The molecule has 6 heteroatoms. The van der Waals surface area contributed by atoms with Gasteiger partial charge < -0.3 is 10.0 Å². The van der Waals surface area contributed by atoms with Gasteiger partial charge in [-0.3, -0.25) is 4.79 Å². The maximum atomic E-state index is 13.0. The molecule has 1 amide bonds. The van der Waals surface area contributed by atoms with E-state index in [1.54, 1.807) is 22.0 Å². The Morgan fingerprint density at radius 2 is 2.21 bits per heavy atom. The predicted octanol–water partition coefficient (Wildman–Crippen LogP) is 1.43. The van der Waals surface area contributed by atoms with Crippen molar-refractivity contribution in [2.75, 3.05) is 13.1 Å². The Balaban J connectivity index is 1.54. The highest BCUT2D eigenvalue weighted by atomic mass is 16.3. The van der Waals surface area contributed by atoms with Crippen molar-refractivity contribution < 1.29 is 9.90 Å². The van der Waals surface area contributed by atoms with Crippen LogP contribution in [0.3, 0.4) is 0 Å². The lowest BCUT2D eigenvalue weighted by molar-refractivity contribution is -0.0387. The molecular weight excluding hydrogens is 304 g/mol. The van der Waals surface area contributed by atoms with Gasteiger partial charge >= 0.3 is 0 Å². The fourth-order valence-electron chi connectivity index (χ4n) is 4.02. The summed E-state index contributed by atoms with van der Waals surface area (Å²) in [5.41, 5.74) is 2.37. The Labute approximate surface area is 141 Å². The number of hydrogen-bond donors (Lipinski definition) is 1. The lowest BCUT2D eigenvalue weighted by Crippen LogP contribution is -2.52. The fourth-order valence-corrected chi connectivity index (χ4v) is 4.02. The lowest BCUT2D eigenvalue weighted by atomic mass is 9.91. The number of nitrogens with zero attached hydrogens (tertiary/aromatic N) is 4. The van der Waals surface area contributed by atoms with Crippen LogP contribution in [0.15, 0.2) is 30.6 Å². The zero-order chi connectivity index (χ0) is 16.6. The van der Waals surface area contributed by atoms with Crippen LogP contribution in [0.25, 0.3) is 0 Å². The highest BCUT2D eigenvalue weighted by Gasteiger charge is 2.36. The summed E-state index contributed by atoms with van der Waals surface area (Å²) in [6.07, 6.45) is 7.97. The van der Waals surface area contributed by atoms with E-state index < -0.39 is 5.60 Å². The third-order valence-electron chi connectivity index (χ3n) is 5.15. The molecule has 1 unspecified atom stereocenters. The van der Waals surface area contributed by atoms with Gasteiger partial charge in [0.2, 0.25) is 0 Å². The first-order valence-corrected chi connectivity index (χ1v) is 8.61. The molecule has 1 aromatic carbocycles. The second-order valence-electron chi connectivity index (χ2n) is 6.95. The first kappa shape index (κ1) is 15.3. The highest BCUT2D eigenvalue weighted by molar-refractivity contribution is 5.96. The molecule has 1 N–H and O–H groups in total. The van der Waals surface area contributed by atoms with E-state index in [0.717, 1.165) is 31.2 Å². The first-order valence-electron chi connectivity index (χ1n) is 8.61. The van der Waals surface area contributed by atoms with Crippen LogP contribution in [-0.2, 0) is 19.4 Å². The molecule has 0 radical (unpaired) electrons. The zero-order valence-corrected chi connectivity index (χ0v) is 13.7. The molecule has 4 rings (SSSR count). The summed E-state index contributed by atoms with van der Waals surface area (Å²) in [4.78, 5) is 14.8. The number of amides is 1. The second kappa shape index (κ2) is 6.02.